The fraction of sp³-hybridized carbons (Fsp3) is 0.375. The maximum Gasteiger partial charge on any atom is 0.314 e. The second-order valence-corrected chi connectivity index (χ2v) is 8.20. The zero-order valence-corrected chi connectivity index (χ0v) is 18.4. The number of carbonyl (C=O) groups excluding carboxylic acids is 2. The molecule has 0 aliphatic carbocycles. The van der Waals surface area contributed by atoms with Crippen molar-refractivity contribution in [2.45, 2.75) is 31.2 Å². The van der Waals surface area contributed by atoms with E-state index in [4.69, 9.17) is 4.74 Å². The van der Waals surface area contributed by atoms with Crippen LogP contribution in [0.15, 0.2) is 59.8 Å². The molecular formula is C24H28N2O3S. The Balaban J connectivity index is 1.83. The van der Waals surface area contributed by atoms with Crippen LogP contribution in [-0.2, 0) is 9.53 Å². The molecule has 0 N–H and O–H groups in total. The number of hydrogen-bond donors (Lipinski definition) is 0. The molecule has 0 radical (unpaired) electrons. The molecule has 2 heterocycles. The first-order valence-electron chi connectivity index (χ1n) is 10.3. The van der Waals surface area contributed by atoms with E-state index in [-0.39, 0.29) is 11.9 Å². The average molecular weight is 425 g/mol. The van der Waals surface area contributed by atoms with Crippen molar-refractivity contribution in [3.63, 3.8) is 0 Å². The summed E-state index contributed by atoms with van der Waals surface area (Å²) in [6, 6.07) is 13.6. The molecular weight excluding hydrogens is 396 g/mol. The van der Waals surface area contributed by atoms with Crippen molar-refractivity contribution in [3.8, 4) is 0 Å². The lowest BCUT2D eigenvalue weighted by atomic mass is 9.76. The van der Waals surface area contributed by atoms with E-state index in [1.807, 2.05) is 55.7 Å². The topological polar surface area (TPSA) is 59.5 Å². The molecule has 3 rings (SSSR count). The SMILES string of the molecule is CCOC(=O)[C@]1(C/C=C/c2ccccc2)CCCN(C(=O)c2cccnc2SC)C1. The number of allylic oxidation sites excluding steroid dienone is 1. The van der Waals surface area contributed by atoms with Crippen molar-refractivity contribution in [1.82, 2.24) is 9.88 Å². The van der Waals surface area contributed by atoms with Crippen molar-refractivity contribution >= 4 is 29.7 Å². The second kappa shape index (κ2) is 10.4. The van der Waals surface area contributed by atoms with Crippen LogP contribution in [0.1, 0.15) is 42.1 Å². The van der Waals surface area contributed by atoms with Crippen LogP contribution in [0, 0.1) is 5.41 Å². The molecule has 1 fully saturated rings. The zero-order valence-electron chi connectivity index (χ0n) is 17.5. The van der Waals surface area contributed by atoms with Crippen molar-refractivity contribution in [3.05, 3.63) is 65.9 Å². The highest BCUT2D eigenvalue weighted by atomic mass is 32.2. The lowest BCUT2D eigenvalue weighted by Crippen LogP contribution is -2.50. The number of nitrogens with zero attached hydrogens (tertiary/aromatic N) is 2. The van der Waals surface area contributed by atoms with Crippen LogP contribution < -0.4 is 0 Å². The predicted octanol–water partition coefficient (Wildman–Crippen LogP) is 4.69. The van der Waals surface area contributed by atoms with Gasteiger partial charge in [0.05, 0.1) is 17.6 Å². The van der Waals surface area contributed by atoms with Crippen molar-refractivity contribution in [2.24, 2.45) is 5.41 Å². The van der Waals surface area contributed by atoms with Gasteiger partial charge in [0.15, 0.2) is 0 Å². The van der Waals surface area contributed by atoms with E-state index in [1.165, 1.54) is 11.8 Å². The highest BCUT2D eigenvalue weighted by Crippen LogP contribution is 2.37. The molecule has 0 bridgehead atoms. The van der Waals surface area contributed by atoms with Crippen LogP contribution in [0.3, 0.4) is 0 Å². The van der Waals surface area contributed by atoms with Gasteiger partial charge in [0.2, 0.25) is 0 Å². The first-order valence-corrected chi connectivity index (χ1v) is 11.5. The normalized spacial score (nSPS) is 19.1. The van der Waals surface area contributed by atoms with Gasteiger partial charge in [-0.25, -0.2) is 4.98 Å². The lowest BCUT2D eigenvalue weighted by molar-refractivity contribution is -0.158. The molecule has 30 heavy (non-hydrogen) atoms. The molecule has 5 nitrogen and oxygen atoms in total. The largest absolute Gasteiger partial charge is 0.466 e. The van der Waals surface area contributed by atoms with Gasteiger partial charge in [-0.3, -0.25) is 9.59 Å². The van der Waals surface area contributed by atoms with Gasteiger partial charge in [0.1, 0.15) is 5.03 Å². The first-order chi connectivity index (χ1) is 14.6. The molecule has 0 spiro atoms. The summed E-state index contributed by atoms with van der Waals surface area (Å²) >= 11 is 1.45. The number of aromatic nitrogens is 1. The Morgan fingerprint density at radius 3 is 2.77 bits per heavy atom. The Hall–Kier alpha value is -2.60. The number of ether oxygens (including phenoxy) is 1. The molecule has 1 amide bonds. The van der Waals surface area contributed by atoms with E-state index in [0.717, 1.165) is 12.0 Å². The summed E-state index contributed by atoms with van der Waals surface area (Å²) in [6.07, 6.45) is 9.65. The molecule has 1 atom stereocenters. The average Bonchev–Trinajstić information content (AvgIpc) is 2.79. The molecule has 1 aliphatic heterocycles. The van der Waals surface area contributed by atoms with E-state index < -0.39 is 5.41 Å². The summed E-state index contributed by atoms with van der Waals surface area (Å²) < 4.78 is 5.44. The van der Waals surface area contributed by atoms with E-state index >= 15 is 0 Å². The summed E-state index contributed by atoms with van der Waals surface area (Å²) in [5.74, 6) is -0.302. The second-order valence-electron chi connectivity index (χ2n) is 7.41. The third-order valence-corrected chi connectivity index (χ3v) is 6.10. The lowest BCUT2D eigenvalue weighted by Gasteiger charge is -2.40. The number of benzene rings is 1. The molecule has 1 aromatic carbocycles. The number of hydrogen-bond acceptors (Lipinski definition) is 5. The number of pyridine rings is 1. The maximum absolute atomic E-state index is 13.2. The van der Waals surface area contributed by atoms with Crippen LogP contribution >= 0.6 is 11.8 Å². The number of amides is 1. The fourth-order valence-corrected chi connectivity index (χ4v) is 4.42. The Labute approximate surface area is 182 Å². The molecule has 6 heteroatoms. The Morgan fingerprint density at radius 2 is 2.03 bits per heavy atom. The smallest absolute Gasteiger partial charge is 0.314 e. The predicted molar refractivity (Wildman–Crippen MR) is 120 cm³/mol. The quantitative estimate of drug-likeness (QED) is 0.477. The van der Waals surface area contributed by atoms with Crippen LogP contribution in [0.25, 0.3) is 6.08 Å². The maximum atomic E-state index is 13.2. The van der Waals surface area contributed by atoms with Crippen LogP contribution in [0.4, 0.5) is 0 Å². The van der Waals surface area contributed by atoms with Gasteiger partial charge in [-0.2, -0.15) is 0 Å². The van der Waals surface area contributed by atoms with Crippen molar-refractivity contribution in [2.75, 3.05) is 26.0 Å². The molecule has 1 aromatic heterocycles. The minimum atomic E-state index is -0.725. The molecule has 1 saturated heterocycles. The van der Waals surface area contributed by atoms with E-state index in [1.54, 1.807) is 23.2 Å². The minimum absolute atomic E-state index is 0.0761. The van der Waals surface area contributed by atoms with Crippen LogP contribution in [-0.4, -0.2) is 47.7 Å². The molecule has 0 saturated carbocycles. The zero-order chi connectivity index (χ0) is 21.4. The van der Waals surface area contributed by atoms with Gasteiger partial charge >= 0.3 is 5.97 Å². The third kappa shape index (κ3) is 5.11. The van der Waals surface area contributed by atoms with Gasteiger partial charge < -0.3 is 9.64 Å². The van der Waals surface area contributed by atoms with E-state index in [0.29, 0.717) is 43.1 Å². The van der Waals surface area contributed by atoms with E-state index in [2.05, 4.69) is 4.98 Å². The number of likely N-dealkylation sites (tertiary alicyclic amines) is 1. The third-order valence-electron chi connectivity index (χ3n) is 5.39. The summed E-state index contributed by atoms with van der Waals surface area (Å²) in [7, 11) is 0. The Morgan fingerprint density at radius 1 is 1.23 bits per heavy atom. The number of carbonyl (C=O) groups is 2. The first kappa shape index (κ1) is 22.1. The number of esters is 1. The molecule has 1 aliphatic rings. The summed E-state index contributed by atoms with van der Waals surface area (Å²) in [5, 5.41) is 0.707. The fourth-order valence-electron chi connectivity index (χ4n) is 3.88. The minimum Gasteiger partial charge on any atom is -0.466 e. The van der Waals surface area contributed by atoms with Gasteiger partial charge in [0, 0.05) is 19.3 Å². The summed E-state index contributed by atoms with van der Waals surface area (Å²) in [5.41, 5.74) is 0.946. The number of piperidine rings is 1. The number of thioether (sulfide) groups is 1. The molecule has 0 unspecified atom stereocenters. The standard InChI is InChI=1S/C24H28N2O3S/c1-3-29-23(28)24(14-7-12-19-10-5-4-6-11-19)15-9-17-26(18-24)22(27)20-13-8-16-25-21(20)30-2/h4-8,10-13,16H,3,9,14-15,17-18H2,1-2H3/b12-7+/t24-/m1/s1. The van der Waals surface area contributed by atoms with E-state index in [9.17, 15) is 9.59 Å². The Bertz CT molecular complexity index is 900. The number of rotatable bonds is 7. The van der Waals surface area contributed by atoms with Gasteiger partial charge in [-0.05, 0) is 50.1 Å². The van der Waals surface area contributed by atoms with Gasteiger partial charge in [-0.15, -0.1) is 11.8 Å². The monoisotopic (exact) mass is 424 g/mol. The van der Waals surface area contributed by atoms with Crippen LogP contribution in [0.2, 0.25) is 0 Å². The highest BCUT2D eigenvalue weighted by Gasteiger charge is 2.44. The summed E-state index contributed by atoms with van der Waals surface area (Å²) in [6.45, 7) is 3.13. The molecule has 158 valence electrons. The van der Waals surface area contributed by atoms with Crippen LogP contribution in [0.5, 0.6) is 0 Å². The van der Waals surface area contributed by atoms with Gasteiger partial charge in [0.25, 0.3) is 5.91 Å². The molecule has 2 aromatic rings. The van der Waals surface area contributed by atoms with Crippen molar-refractivity contribution < 1.29 is 14.3 Å². The highest BCUT2D eigenvalue weighted by molar-refractivity contribution is 7.98. The van der Waals surface area contributed by atoms with Gasteiger partial charge in [-0.1, -0.05) is 42.5 Å². The van der Waals surface area contributed by atoms with Crippen molar-refractivity contribution in [1.29, 1.82) is 0 Å². The summed E-state index contributed by atoms with van der Waals surface area (Å²) in [4.78, 5) is 32.3. The Kier molecular flexibility index (Phi) is 7.69.